The first-order valence-corrected chi connectivity index (χ1v) is 15.5. The Morgan fingerprint density at radius 1 is 0.600 bits per heavy atom. The van der Waals surface area contributed by atoms with Crippen molar-refractivity contribution in [3.63, 3.8) is 0 Å². The molecule has 6 rings (SSSR count). The smallest absolute Gasteiger partial charge is 0.264 e. The van der Waals surface area contributed by atoms with Crippen molar-refractivity contribution >= 4 is 10.1 Å². The maximum Gasteiger partial charge on any atom is 0.264 e. The number of nitrogens with two attached hydrogens (primary N) is 1. The van der Waals surface area contributed by atoms with Gasteiger partial charge in [-0.15, -0.1) is 0 Å². The van der Waals surface area contributed by atoms with Gasteiger partial charge in [-0.3, -0.25) is 14.0 Å². The van der Waals surface area contributed by atoms with Crippen LogP contribution >= 0.6 is 0 Å². The lowest BCUT2D eigenvalue weighted by Crippen LogP contribution is -2.56. The molecule has 4 aromatic rings. The monoisotopic (exact) mass is 555 g/mol. The molecule has 40 heavy (non-hydrogen) atoms. The summed E-state index contributed by atoms with van der Waals surface area (Å²) in [6.07, 6.45) is 0.853. The summed E-state index contributed by atoms with van der Waals surface area (Å²) >= 11 is 0. The molecule has 2 heterocycles. The summed E-state index contributed by atoms with van der Waals surface area (Å²) in [5, 5.41) is 0. The second-order valence-corrected chi connectivity index (χ2v) is 12.1. The molecule has 2 aliphatic rings. The first kappa shape index (κ1) is 28.2. The van der Waals surface area contributed by atoms with Gasteiger partial charge >= 0.3 is 0 Å². The highest BCUT2D eigenvalue weighted by atomic mass is 32.2. The van der Waals surface area contributed by atoms with Crippen molar-refractivity contribution in [2.45, 2.75) is 24.2 Å². The molecule has 2 saturated heterocycles. The van der Waals surface area contributed by atoms with Gasteiger partial charge in [0, 0.05) is 32.2 Å². The van der Waals surface area contributed by atoms with Crippen molar-refractivity contribution in [3.05, 3.63) is 144 Å². The summed E-state index contributed by atoms with van der Waals surface area (Å²) in [7, 11) is -3.39. The third-order valence-corrected chi connectivity index (χ3v) is 7.94. The predicted molar refractivity (Wildman–Crippen MR) is 160 cm³/mol. The zero-order valence-corrected chi connectivity index (χ0v) is 23.6. The van der Waals surface area contributed by atoms with Crippen molar-refractivity contribution in [2.75, 3.05) is 32.4 Å². The second-order valence-electron chi connectivity index (χ2n) is 10.5. The maximum absolute atomic E-state index is 11.2. The second kappa shape index (κ2) is 12.9. The van der Waals surface area contributed by atoms with Crippen LogP contribution < -0.4 is 5.73 Å². The van der Waals surface area contributed by atoms with Crippen LogP contribution in [0.2, 0.25) is 0 Å². The summed E-state index contributed by atoms with van der Waals surface area (Å²) in [4.78, 5) is 4.68. The quantitative estimate of drug-likeness (QED) is 0.313. The third kappa shape index (κ3) is 7.24. The van der Waals surface area contributed by atoms with Crippen molar-refractivity contribution < 1.29 is 12.6 Å². The van der Waals surface area contributed by atoms with Crippen LogP contribution in [0.4, 0.5) is 0 Å². The van der Waals surface area contributed by atoms with Crippen LogP contribution in [0, 0.1) is 0 Å². The molecule has 208 valence electrons. The van der Waals surface area contributed by atoms with Gasteiger partial charge in [-0.2, -0.15) is 8.42 Å². The van der Waals surface area contributed by atoms with Gasteiger partial charge in [0.05, 0.1) is 18.3 Å². The van der Waals surface area contributed by atoms with Crippen LogP contribution in [0.25, 0.3) is 0 Å². The lowest BCUT2D eigenvalue weighted by molar-refractivity contribution is 0.00475. The standard InChI is InChI=1S/C17H19NO3S.C16H18N2/c1-22(19,20)21-16-12-18(13-16)17(14-8-4-2-5-9-14)15-10-6-3-7-11-15;17-15-11-18(12-15)16(13-7-3-1-4-8-13)14-9-5-2-6-10-14/h2-11,16-17H,12-13H2,1H3;1-10,15-16H,11-12,17H2. The molecule has 0 aliphatic carbocycles. The van der Waals surface area contributed by atoms with Crippen LogP contribution in [-0.4, -0.2) is 62.8 Å². The first-order valence-electron chi connectivity index (χ1n) is 13.7. The Hall–Kier alpha value is -3.33. The van der Waals surface area contributed by atoms with E-state index in [0.717, 1.165) is 19.3 Å². The Morgan fingerprint density at radius 3 is 1.18 bits per heavy atom. The topological polar surface area (TPSA) is 75.9 Å². The van der Waals surface area contributed by atoms with Gasteiger partial charge in [-0.1, -0.05) is 121 Å². The molecule has 0 spiro atoms. The highest BCUT2D eigenvalue weighted by molar-refractivity contribution is 7.86. The summed E-state index contributed by atoms with van der Waals surface area (Å²) in [6.45, 7) is 3.19. The molecule has 2 fully saturated rings. The van der Waals surface area contributed by atoms with E-state index >= 15 is 0 Å². The fourth-order valence-corrected chi connectivity index (χ4v) is 6.13. The number of hydrogen-bond donors (Lipinski definition) is 1. The fraction of sp³-hybridized carbons (Fsp3) is 0.273. The van der Waals surface area contributed by atoms with Gasteiger partial charge in [0.2, 0.25) is 0 Å². The molecule has 0 radical (unpaired) electrons. The molecule has 0 bridgehead atoms. The SMILES string of the molecule is CS(=O)(=O)OC1CN(C(c2ccccc2)c2ccccc2)C1.NC1CN(C(c2ccccc2)c2ccccc2)C1. The minimum Gasteiger partial charge on any atom is -0.325 e. The molecule has 2 aliphatic heterocycles. The van der Waals surface area contributed by atoms with Gasteiger partial charge in [-0.25, -0.2) is 0 Å². The van der Waals surface area contributed by atoms with Crippen molar-refractivity contribution in [2.24, 2.45) is 5.73 Å². The van der Waals surface area contributed by atoms with Gasteiger partial charge in [-0.05, 0) is 22.3 Å². The lowest BCUT2D eigenvalue weighted by atomic mass is 9.93. The van der Waals surface area contributed by atoms with E-state index in [4.69, 9.17) is 9.92 Å². The molecule has 2 N–H and O–H groups in total. The minimum atomic E-state index is -3.39. The van der Waals surface area contributed by atoms with Crippen LogP contribution in [-0.2, 0) is 14.3 Å². The maximum atomic E-state index is 11.2. The van der Waals surface area contributed by atoms with Crippen LogP contribution in [0.1, 0.15) is 34.3 Å². The number of rotatable bonds is 8. The van der Waals surface area contributed by atoms with Crippen LogP contribution in [0.15, 0.2) is 121 Å². The molecular weight excluding hydrogens is 518 g/mol. The Morgan fingerprint density at radius 2 is 0.900 bits per heavy atom. The Balaban J connectivity index is 0.000000164. The molecule has 4 aromatic carbocycles. The van der Waals surface area contributed by atoms with E-state index in [1.165, 1.54) is 22.3 Å². The highest BCUT2D eigenvalue weighted by Crippen LogP contribution is 2.33. The van der Waals surface area contributed by atoms with Crippen LogP contribution in [0.3, 0.4) is 0 Å². The van der Waals surface area contributed by atoms with E-state index in [9.17, 15) is 8.42 Å². The summed E-state index contributed by atoms with van der Waals surface area (Å²) in [6, 6.07) is 42.6. The summed E-state index contributed by atoms with van der Waals surface area (Å²) in [5.41, 5.74) is 11.0. The number of hydrogen-bond acceptors (Lipinski definition) is 6. The van der Waals surface area contributed by atoms with Gasteiger partial charge in [0.15, 0.2) is 0 Å². The molecule has 0 atom stereocenters. The first-order chi connectivity index (χ1) is 19.4. The van der Waals surface area contributed by atoms with Gasteiger partial charge in [0.25, 0.3) is 10.1 Å². The summed E-state index contributed by atoms with van der Waals surface area (Å²) in [5.74, 6) is 0. The average Bonchev–Trinajstić information content (AvgIpc) is 2.93. The van der Waals surface area contributed by atoms with E-state index in [1.807, 2.05) is 36.4 Å². The zero-order chi connectivity index (χ0) is 28.0. The van der Waals surface area contributed by atoms with E-state index in [2.05, 4.69) is 94.7 Å². The Labute approximate surface area is 238 Å². The number of likely N-dealkylation sites (tertiary alicyclic amines) is 2. The van der Waals surface area contributed by atoms with Gasteiger partial charge < -0.3 is 5.73 Å². The van der Waals surface area contributed by atoms with Gasteiger partial charge in [0.1, 0.15) is 6.10 Å². The molecule has 0 aromatic heterocycles. The molecular formula is C33H37N3O3S. The van der Waals surface area contributed by atoms with E-state index in [1.54, 1.807) is 0 Å². The largest absolute Gasteiger partial charge is 0.325 e. The lowest BCUT2D eigenvalue weighted by Gasteiger charge is -2.43. The zero-order valence-electron chi connectivity index (χ0n) is 22.8. The average molecular weight is 556 g/mol. The summed E-state index contributed by atoms with van der Waals surface area (Å²) < 4.78 is 27.5. The fourth-order valence-electron chi connectivity index (χ4n) is 5.52. The van der Waals surface area contributed by atoms with E-state index < -0.39 is 10.1 Å². The molecule has 0 saturated carbocycles. The van der Waals surface area contributed by atoms with Crippen molar-refractivity contribution in [3.8, 4) is 0 Å². The Bertz CT molecular complexity index is 1350. The molecule has 0 amide bonds. The number of nitrogens with zero attached hydrogens (tertiary/aromatic N) is 2. The molecule has 7 heteroatoms. The third-order valence-electron chi connectivity index (χ3n) is 7.32. The minimum absolute atomic E-state index is 0.127. The number of benzene rings is 4. The van der Waals surface area contributed by atoms with E-state index in [0.29, 0.717) is 25.2 Å². The Kier molecular flexibility index (Phi) is 9.09. The van der Waals surface area contributed by atoms with Crippen molar-refractivity contribution in [1.82, 2.24) is 9.80 Å². The van der Waals surface area contributed by atoms with Crippen LogP contribution in [0.5, 0.6) is 0 Å². The molecule has 6 nitrogen and oxygen atoms in total. The highest BCUT2D eigenvalue weighted by Gasteiger charge is 2.36. The van der Waals surface area contributed by atoms with Crippen molar-refractivity contribution in [1.29, 1.82) is 0 Å². The predicted octanol–water partition coefficient (Wildman–Crippen LogP) is 4.86. The normalized spacial score (nSPS) is 16.7. The molecule has 0 unspecified atom stereocenters. The van der Waals surface area contributed by atoms with E-state index in [-0.39, 0.29) is 12.1 Å².